The van der Waals surface area contributed by atoms with E-state index in [-0.39, 0.29) is 58.9 Å². The van der Waals surface area contributed by atoms with E-state index >= 15 is 0 Å². The summed E-state index contributed by atoms with van der Waals surface area (Å²) in [7, 11) is 14.9. The predicted molar refractivity (Wildman–Crippen MR) is 552 cm³/mol. The number of hydrogen-bond donors (Lipinski definition) is 8. The Kier molecular flexibility index (Phi) is 32.1. The van der Waals surface area contributed by atoms with Crippen molar-refractivity contribution in [1.82, 2.24) is 60.7 Å². The van der Waals surface area contributed by atoms with Gasteiger partial charge < -0.3 is 100 Å². The molecule has 7 amide bonds. The molecule has 1 atom stereocenters. The smallest absolute Gasteiger partial charge is 0.335 e. The molecule has 4 aromatic heterocycles. The molecule has 4 saturated carbocycles. The maximum Gasteiger partial charge on any atom is 0.335 e. The summed E-state index contributed by atoms with van der Waals surface area (Å²) in [5.74, 6) is 5.17. The van der Waals surface area contributed by atoms with Crippen molar-refractivity contribution in [2.24, 2.45) is 22.2 Å². The molecule has 0 radical (unpaired) electrons. The highest BCUT2D eigenvalue weighted by atomic mass is 16.5. The minimum atomic E-state index is -1.03. The number of carbonyl (C=O) groups is 8. The van der Waals surface area contributed by atoms with Gasteiger partial charge >= 0.3 is 5.97 Å². The zero-order chi connectivity index (χ0) is 101. The first-order valence-electron chi connectivity index (χ1n) is 49.5. The molecule has 0 unspecified atom stereocenters. The van der Waals surface area contributed by atoms with Crippen molar-refractivity contribution in [2.75, 3.05) is 177 Å². The van der Waals surface area contributed by atoms with Crippen LogP contribution in [0.2, 0.25) is 0 Å². The van der Waals surface area contributed by atoms with Gasteiger partial charge in [-0.25, -0.2) is 24.7 Å². The molecule has 5 aliphatic heterocycles. The summed E-state index contributed by atoms with van der Waals surface area (Å²) < 4.78 is 22.6. The van der Waals surface area contributed by atoms with E-state index in [2.05, 4.69) is 101 Å². The lowest BCUT2D eigenvalue weighted by Crippen LogP contribution is -2.45. The van der Waals surface area contributed by atoms with Crippen LogP contribution in [0.1, 0.15) is 211 Å². The van der Waals surface area contributed by atoms with Crippen molar-refractivity contribution in [3.63, 3.8) is 0 Å². The van der Waals surface area contributed by atoms with Crippen molar-refractivity contribution < 1.29 is 62.4 Å². The van der Waals surface area contributed by atoms with Gasteiger partial charge in [0.2, 0.25) is 47.4 Å². The van der Waals surface area contributed by atoms with Gasteiger partial charge in [-0.15, -0.1) is 0 Å². The van der Waals surface area contributed by atoms with Crippen LogP contribution in [0, 0.1) is 22.2 Å². The van der Waals surface area contributed by atoms with Crippen molar-refractivity contribution >= 4 is 140 Å². The summed E-state index contributed by atoms with van der Waals surface area (Å²) in [6, 6.07) is 31.8. The molecule has 18 rings (SSSR count). The zero-order valence-corrected chi connectivity index (χ0v) is 84.6. The van der Waals surface area contributed by atoms with E-state index in [1.807, 2.05) is 78.9 Å². The SMILES string of the molecule is CC[C@H]1CN(C2CCCC2)c2nc(Nc3ccc(C(=O)NC4CCC4)cc3OC)ncc2N(C)C1=O.CNC(=O)c1ccc(Nc2ncc3c(n2)N(C2CCCC2)CC(C)(C)C(=O)N3C)c(OCCN2CCCC2)c1.CNC(=O)c1ccc(Nc2ncc3c(n2)N(Cc2ccccc2)CC(C)(C)C(=O)N3C)c(OC)c1.COc1cc(C(=O)O)ccc1Nc1ncc2c(n1)N(C1CCCC1)CC(C)(C)C(=O)N2C. The molecule has 4 aliphatic carbocycles. The number of likely N-dealkylation sites (tertiary alicyclic amines) is 1. The van der Waals surface area contributed by atoms with Crippen molar-refractivity contribution in [1.29, 1.82) is 0 Å². The molecule has 5 fully saturated rings. The molecular formula is C105H136N24O13. The number of carboxylic acids is 1. The van der Waals surface area contributed by atoms with E-state index in [0.717, 1.165) is 112 Å². The molecule has 754 valence electrons. The first-order valence-corrected chi connectivity index (χ1v) is 49.5. The van der Waals surface area contributed by atoms with Crippen molar-refractivity contribution in [3.8, 4) is 23.0 Å². The van der Waals surface area contributed by atoms with Crippen molar-refractivity contribution in [2.45, 2.75) is 195 Å². The number of methoxy groups -OCH3 is 3. The molecule has 37 heteroatoms. The lowest BCUT2D eigenvalue weighted by Gasteiger charge is -2.34. The van der Waals surface area contributed by atoms with Crippen LogP contribution < -0.4 is 95.4 Å². The Balaban J connectivity index is 0.000000143. The van der Waals surface area contributed by atoms with Crippen LogP contribution in [0.4, 0.5) is 92.6 Å². The first kappa shape index (κ1) is 102. The second-order valence-corrected chi connectivity index (χ2v) is 39.8. The number of benzene rings is 5. The highest BCUT2D eigenvalue weighted by molar-refractivity contribution is 6.04. The van der Waals surface area contributed by atoms with Gasteiger partial charge in [0, 0.05) is 122 Å². The zero-order valence-electron chi connectivity index (χ0n) is 84.6. The molecule has 0 bridgehead atoms. The average Bonchev–Trinajstić information content (AvgIpc) is 1.62. The molecule has 37 nitrogen and oxygen atoms in total. The van der Waals surface area contributed by atoms with E-state index in [4.69, 9.17) is 38.9 Å². The summed E-state index contributed by atoms with van der Waals surface area (Å²) in [5, 5.41) is 30.5. The average molecular weight is 1940 g/mol. The van der Waals surface area contributed by atoms with Crippen molar-refractivity contribution in [3.05, 3.63) is 156 Å². The van der Waals surface area contributed by atoms with E-state index in [1.54, 1.807) is 135 Å². The fourth-order valence-electron chi connectivity index (χ4n) is 20.1. The largest absolute Gasteiger partial charge is 0.495 e. The predicted octanol–water partition coefficient (Wildman–Crippen LogP) is 15.3. The van der Waals surface area contributed by atoms with Gasteiger partial charge in [-0.05, 0) is 210 Å². The van der Waals surface area contributed by atoms with Crippen LogP contribution in [0.25, 0.3) is 0 Å². The lowest BCUT2D eigenvalue weighted by atomic mass is 9.91. The monoisotopic (exact) mass is 1940 g/mol. The molecule has 5 aromatic carbocycles. The number of fused-ring (bicyclic) bond motifs is 4. The summed E-state index contributed by atoms with van der Waals surface area (Å²) in [6.07, 6.45) is 26.9. The number of carbonyl (C=O) groups excluding carboxylic acids is 7. The number of aromatic nitrogens is 8. The van der Waals surface area contributed by atoms with Crippen LogP contribution in [0.3, 0.4) is 0 Å². The van der Waals surface area contributed by atoms with Crippen LogP contribution in [-0.4, -0.2) is 237 Å². The molecule has 1 saturated heterocycles. The Bertz CT molecular complexity index is 6080. The van der Waals surface area contributed by atoms with Gasteiger partial charge in [0.05, 0.1) is 96.6 Å². The topological polar surface area (TPSA) is 410 Å². The fraction of sp³-hybridized carbons (Fsp3) is 0.486. The Morgan fingerprint density at radius 1 is 0.430 bits per heavy atom. The minimum Gasteiger partial charge on any atom is -0.495 e. The third kappa shape index (κ3) is 23.1. The Hall–Kier alpha value is -14.3. The first-order chi connectivity index (χ1) is 68.2. The van der Waals surface area contributed by atoms with Gasteiger partial charge in [0.25, 0.3) is 17.7 Å². The van der Waals surface area contributed by atoms with E-state index < -0.39 is 22.2 Å². The number of aromatic carboxylic acids is 1. The number of anilines is 16. The second-order valence-electron chi connectivity index (χ2n) is 39.8. The Morgan fingerprint density at radius 3 is 1.20 bits per heavy atom. The van der Waals surface area contributed by atoms with Crippen LogP contribution in [-0.2, 0) is 25.7 Å². The van der Waals surface area contributed by atoms with Crippen LogP contribution >= 0.6 is 0 Å². The number of amides is 7. The van der Waals surface area contributed by atoms with Gasteiger partial charge in [-0.3, -0.25) is 38.5 Å². The third-order valence-electron chi connectivity index (χ3n) is 28.4. The second kappa shape index (κ2) is 44.7. The number of ether oxygens (including phenoxy) is 4. The molecule has 8 N–H and O–H groups in total. The number of nitrogens with one attached hydrogen (secondary N) is 7. The molecule has 142 heavy (non-hydrogen) atoms. The molecule has 0 spiro atoms. The Labute approximate surface area is 830 Å². The molecule has 9 aromatic rings. The highest BCUT2D eigenvalue weighted by Crippen LogP contribution is 2.47. The Morgan fingerprint density at radius 2 is 0.796 bits per heavy atom. The van der Waals surface area contributed by atoms with E-state index in [9.17, 15) is 43.5 Å². The fourth-order valence-corrected chi connectivity index (χ4v) is 20.1. The van der Waals surface area contributed by atoms with Gasteiger partial charge in [0.15, 0.2) is 23.3 Å². The summed E-state index contributed by atoms with van der Waals surface area (Å²) in [6.45, 7) is 20.4. The van der Waals surface area contributed by atoms with Gasteiger partial charge in [-0.1, -0.05) is 75.8 Å². The summed E-state index contributed by atoms with van der Waals surface area (Å²) in [4.78, 5) is 157. The summed E-state index contributed by atoms with van der Waals surface area (Å²) >= 11 is 0. The van der Waals surface area contributed by atoms with Crippen LogP contribution in [0.15, 0.2) is 128 Å². The quantitative estimate of drug-likeness (QED) is 0.0250. The molecule has 9 heterocycles. The maximum atomic E-state index is 13.3. The number of nitrogens with zero attached hydrogens (tertiary/aromatic N) is 17. The molecular weight excluding hydrogens is 1810 g/mol. The minimum absolute atomic E-state index is 0.00470. The summed E-state index contributed by atoms with van der Waals surface area (Å²) in [5.41, 5.74) is 6.43. The van der Waals surface area contributed by atoms with Crippen LogP contribution in [0.5, 0.6) is 23.0 Å². The van der Waals surface area contributed by atoms with E-state index in [0.29, 0.717) is 161 Å². The van der Waals surface area contributed by atoms with Gasteiger partial charge in [-0.2, -0.15) is 19.9 Å². The van der Waals surface area contributed by atoms with Gasteiger partial charge in [0.1, 0.15) is 52.4 Å². The normalized spacial score (nSPS) is 18.4. The maximum absolute atomic E-state index is 13.3. The standard InChI is InChI=1S/C29H41N7O3.C27H36N6O3.C26H30N6O3.C23H29N5O4/c1-29(2)19-36(21-9-5-6-10-21)25-23(34(4)27(29)38)18-31-28(33-25)32-22-12-11-20(26(37)30-3)17-24(22)39-16-15-35-13-7-8-14-35;1-4-17-16-33(20-10-5-6-11-20)24-22(32(2)26(17)35)15-28-27(31-24)30-21-13-12-18(14-23(21)36-3)25(34)29-19-8-7-9-19;1-26(2)16-32(15-17-9-7-6-8-10-17)22-20(31(4)24(26)34)14-28-25(30-22)29-19-12-11-18(23(33)27-3)13-21(19)35-5;1-23(2)13-28(15-7-5-6-8-15)19-17(27(3)21(23)31)12-24-22(26-19)25-16-10-9-14(20(29)30)11-18(16)32-4/h11-12,17-18,21H,5-10,13-16,19H2,1-4H3,(H,30,37)(H,31,32,33);12-15,17,19-20H,4-11,16H2,1-3H3,(H,29,34)(H,28,30,31);6-14H,15-16H2,1-5H3,(H,27,33)(H,28,29,30);9-12,15H,5-8,13H2,1-4H3,(H,29,30)(H,24,25,26)/t;17-;;/m.0../s1. The number of rotatable bonds is 26. The number of hydrogen-bond acceptors (Lipinski definition) is 29. The number of carboxylic acid groups (broad SMARTS) is 1. The lowest BCUT2D eigenvalue weighted by molar-refractivity contribution is -0.126. The molecule has 9 aliphatic rings. The third-order valence-corrected chi connectivity index (χ3v) is 28.4. The highest BCUT2D eigenvalue weighted by Gasteiger charge is 2.46. The van der Waals surface area contributed by atoms with E-state index in [1.165, 1.54) is 84.1 Å².